The molecule has 0 aliphatic rings. The van der Waals surface area contributed by atoms with Gasteiger partial charge in [-0.05, 0) is 0 Å². The third-order valence-electron chi connectivity index (χ3n) is 2.79. The second kappa shape index (κ2) is 4.93. The van der Waals surface area contributed by atoms with Crippen molar-refractivity contribution in [2.45, 2.75) is 12.8 Å². The van der Waals surface area contributed by atoms with Crippen molar-refractivity contribution in [3.8, 4) is 11.3 Å². The van der Waals surface area contributed by atoms with E-state index in [1.165, 1.54) is 0 Å². The van der Waals surface area contributed by atoms with Crippen LogP contribution in [0.5, 0.6) is 0 Å². The Hall–Kier alpha value is -2.63. The normalized spacial score (nSPS) is 10.7. The molecule has 6 nitrogen and oxygen atoms in total. The minimum absolute atomic E-state index is 0.262. The molecule has 0 atom stereocenters. The number of rotatable bonds is 4. The van der Waals surface area contributed by atoms with Crippen molar-refractivity contribution in [2.75, 3.05) is 5.73 Å². The molecule has 1 aromatic carbocycles. The van der Waals surface area contributed by atoms with Crippen LogP contribution in [0.15, 0.2) is 40.9 Å². The maximum Gasteiger partial charge on any atom is 0.239 e. The van der Waals surface area contributed by atoms with E-state index in [1.54, 1.807) is 0 Å². The third-order valence-corrected chi connectivity index (χ3v) is 2.79. The van der Waals surface area contributed by atoms with E-state index in [0.29, 0.717) is 12.8 Å². The van der Waals surface area contributed by atoms with Crippen LogP contribution in [0.25, 0.3) is 11.3 Å². The Balaban J connectivity index is 1.68. The van der Waals surface area contributed by atoms with Crippen LogP contribution >= 0.6 is 0 Å². The highest BCUT2D eigenvalue weighted by atomic mass is 16.5. The zero-order chi connectivity index (χ0) is 13.1. The fourth-order valence-corrected chi connectivity index (χ4v) is 1.84. The number of aromatic amines is 1. The number of nitrogen functional groups attached to an aromatic ring is 1. The lowest BCUT2D eigenvalue weighted by molar-refractivity contribution is 0.384. The quantitative estimate of drug-likeness (QED) is 0.741. The van der Waals surface area contributed by atoms with Crippen molar-refractivity contribution in [3.05, 3.63) is 48.0 Å². The predicted molar refractivity (Wildman–Crippen MR) is 70.1 cm³/mol. The van der Waals surface area contributed by atoms with Crippen LogP contribution in [-0.4, -0.2) is 20.3 Å². The molecule has 3 aromatic rings. The summed E-state index contributed by atoms with van der Waals surface area (Å²) in [5.74, 6) is 1.82. The molecule has 0 fully saturated rings. The molecule has 0 unspecified atom stereocenters. The summed E-state index contributed by atoms with van der Waals surface area (Å²) in [4.78, 5) is 4.04. The summed E-state index contributed by atoms with van der Waals surface area (Å²) in [5, 5.41) is 10.6. The topological polar surface area (TPSA) is 93.6 Å². The Morgan fingerprint density at radius 1 is 1.16 bits per heavy atom. The lowest BCUT2D eigenvalue weighted by atomic mass is 10.1. The number of nitrogens with zero attached hydrogens (tertiary/aromatic N) is 3. The van der Waals surface area contributed by atoms with E-state index >= 15 is 0 Å². The molecule has 3 N–H and O–H groups in total. The molecule has 0 amide bonds. The van der Waals surface area contributed by atoms with E-state index in [0.717, 1.165) is 22.8 Å². The second-order valence-electron chi connectivity index (χ2n) is 4.18. The number of hydrogen-bond donors (Lipinski definition) is 2. The molecule has 3 rings (SSSR count). The minimum atomic E-state index is 0.262. The van der Waals surface area contributed by atoms with E-state index in [9.17, 15) is 0 Å². The van der Waals surface area contributed by atoms with Gasteiger partial charge >= 0.3 is 0 Å². The maximum atomic E-state index is 5.44. The number of nitrogens with two attached hydrogens (primary N) is 1. The molecular weight excluding hydrogens is 242 g/mol. The van der Waals surface area contributed by atoms with E-state index in [4.69, 9.17) is 10.3 Å². The number of aryl methyl sites for hydroxylation is 2. The summed E-state index contributed by atoms with van der Waals surface area (Å²) in [5.41, 5.74) is 7.32. The Labute approximate surface area is 109 Å². The summed E-state index contributed by atoms with van der Waals surface area (Å²) in [6.45, 7) is 0. The van der Waals surface area contributed by atoms with Crippen LogP contribution in [0.3, 0.4) is 0 Å². The van der Waals surface area contributed by atoms with Gasteiger partial charge in [0.05, 0.1) is 0 Å². The van der Waals surface area contributed by atoms with Crippen molar-refractivity contribution in [1.29, 1.82) is 0 Å². The van der Waals surface area contributed by atoms with Gasteiger partial charge in [-0.1, -0.05) is 35.5 Å². The van der Waals surface area contributed by atoms with Gasteiger partial charge in [-0.15, -0.1) is 5.10 Å². The fraction of sp³-hybridized carbons (Fsp3) is 0.154. The second-order valence-corrected chi connectivity index (χ2v) is 4.18. The number of H-pyrrole nitrogens is 1. The van der Waals surface area contributed by atoms with Crippen molar-refractivity contribution < 1.29 is 4.52 Å². The van der Waals surface area contributed by atoms with Crippen molar-refractivity contribution in [3.63, 3.8) is 0 Å². The van der Waals surface area contributed by atoms with Gasteiger partial charge in [-0.25, -0.2) is 0 Å². The Morgan fingerprint density at radius 3 is 2.74 bits per heavy atom. The number of aromatic nitrogens is 4. The van der Waals surface area contributed by atoms with Gasteiger partial charge in [0.25, 0.3) is 0 Å². The number of benzene rings is 1. The Kier molecular flexibility index (Phi) is 2.97. The van der Waals surface area contributed by atoms with Gasteiger partial charge in [0.15, 0.2) is 0 Å². The highest BCUT2D eigenvalue weighted by molar-refractivity contribution is 5.58. The molecule has 6 heteroatoms. The van der Waals surface area contributed by atoms with E-state index in [2.05, 4.69) is 20.3 Å². The molecule has 0 bridgehead atoms. The molecule has 0 aliphatic heterocycles. The SMILES string of the molecule is Nc1n[nH]c(CCc2cc(-c3ccccc3)no2)n1. The summed E-state index contributed by atoms with van der Waals surface area (Å²) in [6.07, 6.45) is 1.39. The maximum absolute atomic E-state index is 5.44. The van der Waals surface area contributed by atoms with Crippen molar-refractivity contribution in [2.24, 2.45) is 0 Å². The number of hydrogen-bond acceptors (Lipinski definition) is 5. The lowest BCUT2D eigenvalue weighted by Gasteiger charge is -1.92. The van der Waals surface area contributed by atoms with Crippen LogP contribution in [0.1, 0.15) is 11.6 Å². The molecule has 0 radical (unpaired) electrons. The zero-order valence-corrected chi connectivity index (χ0v) is 10.2. The Bertz CT molecular complexity index is 658. The first-order chi connectivity index (χ1) is 9.31. The average molecular weight is 255 g/mol. The minimum Gasteiger partial charge on any atom is -0.367 e. The van der Waals surface area contributed by atoms with Crippen molar-refractivity contribution in [1.82, 2.24) is 20.3 Å². The molecular formula is C13H13N5O. The first-order valence-electron chi connectivity index (χ1n) is 5.99. The molecule has 0 saturated heterocycles. The highest BCUT2D eigenvalue weighted by Crippen LogP contribution is 2.19. The van der Waals surface area contributed by atoms with Gasteiger partial charge < -0.3 is 10.3 Å². The van der Waals surface area contributed by atoms with Gasteiger partial charge in [-0.3, -0.25) is 5.10 Å². The molecule has 0 saturated carbocycles. The monoisotopic (exact) mass is 255 g/mol. The molecule has 2 heterocycles. The summed E-state index contributed by atoms with van der Waals surface area (Å²) in [6, 6.07) is 11.9. The zero-order valence-electron chi connectivity index (χ0n) is 10.2. The Morgan fingerprint density at radius 2 is 2.00 bits per heavy atom. The molecule has 96 valence electrons. The first kappa shape index (κ1) is 11.5. The van der Waals surface area contributed by atoms with E-state index in [1.807, 2.05) is 36.4 Å². The lowest BCUT2D eigenvalue weighted by Crippen LogP contribution is -1.92. The smallest absolute Gasteiger partial charge is 0.239 e. The number of nitrogens with one attached hydrogen (secondary N) is 1. The van der Waals surface area contributed by atoms with Crippen LogP contribution < -0.4 is 5.73 Å². The van der Waals surface area contributed by atoms with Crippen LogP contribution in [0.4, 0.5) is 5.95 Å². The summed E-state index contributed by atoms with van der Waals surface area (Å²) in [7, 11) is 0. The van der Waals surface area contributed by atoms with Gasteiger partial charge in [0.2, 0.25) is 5.95 Å². The molecule has 0 aliphatic carbocycles. The van der Waals surface area contributed by atoms with Crippen LogP contribution in [0, 0.1) is 0 Å². The number of anilines is 1. The first-order valence-corrected chi connectivity index (χ1v) is 5.99. The van der Waals surface area contributed by atoms with Gasteiger partial charge in [0.1, 0.15) is 17.3 Å². The average Bonchev–Trinajstić information content (AvgIpc) is 3.06. The fourth-order valence-electron chi connectivity index (χ4n) is 1.84. The summed E-state index contributed by atoms with van der Waals surface area (Å²) >= 11 is 0. The predicted octanol–water partition coefficient (Wildman–Crippen LogP) is 1.83. The highest BCUT2D eigenvalue weighted by Gasteiger charge is 2.07. The third kappa shape index (κ3) is 2.62. The van der Waals surface area contributed by atoms with Crippen LogP contribution in [0.2, 0.25) is 0 Å². The summed E-state index contributed by atoms with van der Waals surface area (Å²) < 4.78 is 5.30. The largest absolute Gasteiger partial charge is 0.367 e. The van der Waals surface area contributed by atoms with E-state index < -0.39 is 0 Å². The standard InChI is InChI=1S/C13H13N5O/c14-13-15-12(16-17-13)7-6-10-8-11(18-19-10)9-4-2-1-3-5-9/h1-5,8H,6-7H2,(H3,14,15,16,17). The molecule has 0 spiro atoms. The van der Waals surface area contributed by atoms with Gasteiger partial charge in [-0.2, -0.15) is 4.98 Å². The van der Waals surface area contributed by atoms with Crippen molar-refractivity contribution >= 4 is 5.95 Å². The van der Waals surface area contributed by atoms with E-state index in [-0.39, 0.29) is 5.95 Å². The van der Waals surface area contributed by atoms with Gasteiger partial charge in [0, 0.05) is 24.5 Å². The molecule has 19 heavy (non-hydrogen) atoms. The molecule has 2 aromatic heterocycles. The van der Waals surface area contributed by atoms with Crippen LogP contribution in [-0.2, 0) is 12.8 Å².